The van der Waals surface area contributed by atoms with E-state index in [0.717, 1.165) is 36.1 Å². The Morgan fingerprint density at radius 1 is 1.20 bits per heavy atom. The number of hydrogen-bond acceptors (Lipinski definition) is 3. The number of phenols is 1. The lowest BCUT2D eigenvalue weighted by Gasteiger charge is -2.45. The van der Waals surface area contributed by atoms with Crippen molar-refractivity contribution in [3.8, 4) is 11.5 Å². The van der Waals surface area contributed by atoms with Crippen LogP contribution in [0.2, 0.25) is 0 Å². The van der Waals surface area contributed by atoms with Gasteiger partial charge in [-0.1, -0.05) is 52.5 Å². The van der Waals surface area contributed by atoms with Crippen LogP contribution in [0.4, 0.5) is 0 Å². The molecule has 3 nitrogen and oxygen atoms in total. The van der Waals surface area contributed by atoms with Crippen LogP contribution in [0.5, 0.6) is 11.5 Å². The highest BCUT2D eigenvalue weighted by Crippen LogP contribution is 2.53. The summed E-state index contributed by atoms with van der Waals surface area (Å²) in [5.41, 5.74) is 2.87. The maximum Gasteiger partial charge on any atom is 0.131 e. The fraction of sp³-hybridized carbons (Fsp3) is 0.692. The summed E-state index contributed by atoms with van der Waals surface area (Å²) in [6.07, 6.45) is 12.2. The Bertz CT molecular complexity index is 822. The molecule has 1 heterocycles. The molecule has 3 rings (SSSR count). The first-order chi connectivity index (χ1) is 14.0. The molecule has 2 unspecified atom stereocenters. The van der Waals surface area contributed by atoms with Crippen molar-refractivity contribution in [1.82, 2.24) is 0 Å². The molecular formula is C26H40O3S. The first kappa shape index (κ1) is 23.4. The molecule has 0 saturated heterocycles. The Kier molecular flexibility index (Phi) is 7.06. The van der Waals surface area contributed by atoms with Crippen LogP contribution in [-0.2, 0) is 16.2 Å². The number of hydrogen-bond donors (Lipinski definition) is 1. The van der Waals surface area contributed by atoms with Gasteiger partial charge in [-0.25, -0.2) is 0 Å². The molecule has 1 aliphatic heterocycles. The SMILES string of the molecule is CCCCCCC(C)(C)c1cc(O)c2c(c1)OC(C)(C)[C@H]1CCC(CS(C)=O)C=C21. The van der Waals surface area contributed by atoms with Crippen LogP contribution in [0.15, 0.2) is 18.2 Å². The van der Waals surface area contributed by atoms with Crippen molar-refractivity contribution in [1.29, 1.82) is 0 Å². The van der Waals surface area contributed by atoms with E-state index in [1.165, 1.54) is 31.3 Å². The number of benzene rings is 1. The molecule has 0 spiro atoms. The van der Waals surface area contributed by atoms with Crippen LogP contribution >= 0.6 is 0 Å². The summed E-state index contributed by atoms with van der Waals surface area (Å²) in [5.74, 6) is 2.38. The molecule has 1 aromatic carbocycles. The predicted octanol–water partition coefficient (Wildman–Crippen LogP) is 6.60. The van der Waals surface area contributed by atoms with Crippen molar-refractivity contribution in [2.45, 2.75) is 90.6 Å². The van der Waals surface area contributed by atoms with Crippen LogP contribution in [0.25, 0.3) is 5.57 Å². The molecule has 1 N–H and O–H groups in total. The Balaban J connectivity index is 1.97. The van der Waals surface area contributed by atoms with Crippen molar-refractivity contribution in [2.24, 2.45) is 11.8 Å². The van der Waals surface area contributed by atoms with E-state index in [1.54, 1.807) is 6.26 Å². The second kappa shape index (κ2) is 9.06. The molecule has 1 aliphatic carbocycles. The van der Waals surface area contributed by atoms with Crippen molar-refractivity contribution >= 4 is 16.4 Å². The van der Waals surface area contributed by atoms with Gasteiger partial charge in [-0.2, -0.15) is 0 Å². The van der Waals surface area contributed by atoms with Gasteiger partial charge in [0.15, 0.2) is 0 Å². The topological polar surface area (TPSA) is 46.5 Å². The van der Waals surface area contributed by atoms with Crippen LogP contribution in [-0.4, -0.2) is 26.9 Å². The molecule has 168 valence electrons. The van der Waals surface area contributed by atoms with Crippen LogP contribution < -0.4 is 4.74 Å². The molecule has 0 amide bonds. The van der Waals surface area contributed by atoms with E-state index >= 15 is 0 Å². The summed E-state index contributed by atoms with van der Waals surface area (Å²) in [7, 11) is -0.816. The number of rotatable bonds is 8. The van der Waals surface area contributed by atoms with Gasteiger partial charge in [0.05, 0.1) is 5.56 Å². The van der Waals surface area contributed by atoms with E-state index in [0.29, 0.717) is 17.4 Å². The summed E-state index contributed by atoms with van der Waals surface area (Å²) < 4.78 is 18.3. The Hall–Kier alpha value is -1.29. The lowest BCUT2D eigenvalue weighted by molar-refractivity contribution is 0.0510. The molecule has 2 aliphatic rings. The van der Waals surface area contributed by atoms with Gasteiger partial charge < -0.3 is 9.84 Å². The van der Waals surface area contributed by atoms with E-state index in [4.69, 9.17) is 4.74 Å². The number of phenolic OH excluding ortho intramolecular Hbond substituents is 1. The summed E-state index contributed by atoms with van der Waals surface area (Å²) in [6, 6.07) is 4.12. The minimum atomic E-state index is -0.816. The summed E-state index contributed by atoms with van der Waals surface area (Å²) >= 11 is 0. The van der Waals surface area contributed by atoms with E-state index in [1.807, 2.05) is 6.07 Å². The first-order valence-electron chi connectivity index (χ1n) is 11.6. The van der Waals surface area contributed by atoms with Gasteiger partial charge in [0.1, 0.15) is 17.1 Å². The molecule has 1 aromatic rings. The maximum atomic E-state index is 11.8. The highest BCUT2D eigenvalue weighted by atomic mass is 32.2. The Labute approximate surface area is 185 Å². The zero-order valence-corrected chi connectivity index (χ0v) is 20.5. The van der Waals surface area contributed by atoms with E-state index in [9.17, 15) is 9.32 Å². The molecule has 0 aromatic heterocycles. The number of allylic oxidation sites excluding steroid dienone is 1. The second-order valence-electron chi connectivity index (χ2n) is 10.5. The summed E-state index contributed by atoms with van der Waals surface area (Å²) in [6.45, 7) is 11.1. The standard InChI is InChI=1S/C26H40O3S/c1-7-8-9-10-13-25(2,3)19-15-22(27)24-20-14-18(17-30(6)28)11-12-21(20)26(4,5)29-23(24)16-19/h14-16,18,21,27H,7-13,17H2,1-6H3/t18?,21-,30?/m0/s1. The van der Waals surface area contributed by atoms with Gasteiger partial charge in [0.25, 0.3) is 0 Å². The minimum absolute atomic E-state index is 0.00675. The highest BCUT2D eigenvalue weighted by Gasteiger charge is 2.44. The maximum absolute atomic E-state index is 11.8. The molecule has 0 radical (unpaired) electrons. The molecule has 3 atom stereocenters. The van der Waals surface area contributed by atoms with Crippen LogP contribution in [0, 0.1) is 11.8 Å². The first-order valence-corrected chi connectivity index (χ1v) is 13.4. The molecule has 0 bridgehead atoms. The third kappa shape index (κ3) is 4.95. The second-order valence-corrected chi connectivity index (χ2v) is 12.0. The zero-order valence-electron chi connectivity index (χ0n) is 19.7. The van der Waals surface area contributed by atoms with Gasteiger partial charge in [-0.3, -0.25) is 4.21 Å². The normalized spacial score (nSPS) is 23.7. The average Bonchev–Trinajstić information content (AvgIpc) is 2.63. The van der Waals surface area contributed by atoms with Gasteiger partial charge in [0.2, 0.25) is 0 Å². The number of unbranched alkanes of at least 4 members (excludes halogenated alkanes) is 3. The van der Waals surface area contributed by atoms with E-state index in [-0.39, 0.29) is 16.9 Å². The third-order valence-corrected chi connectivity index (χ3v) is 7.98. The van der Waals surface area contributed by atoms with Crippen LogP contribution in [0.1, 0.15) is 90.7 Å². The van der Waals surface area contributed by atoms with Gasteiger partial charge in [-0.05, 0) is 67.7 Å². The predicted molar refractivity (Wildman–Crippen MR) is 128 cm³/mol. The van der Waals surface area contributed by atoms with Crippen molar-refractivity contribution < 1.29 is 14.1 Å². The molecule has 4 heteroatoms. The lowest BCUT2D eigenvalue weighted by atomic mass is 9.70. The monoisotopic (exact) mass is 432 g/mol. The lowest BCUT2D eigenvalue weighted by Crippen LogP contribution is -2.43. The molecule has 30 heavy (non-hydrogen) atoms. The molecular weight excluding hydrogens is 392 g/mol. The quantitative estimate of drug-likeness (QED) is 0.471. The number of ether oxygens (including phenoxy) is 1. The Morgan fingerprint density at radius 2 is 1.93 bits per heavy atom. The fourth-order valence-electron chi connectivity index (χ4n) is 5.26. The average molecular weight is 433 g/mol. The molecule has 0 fully saturated rings. The highest BCUT2D eigenvalue weighted by molar-refractivity contribution is 7.84. The number of aromatic hydroxyl groups is 1. The van der Waals surface area contributed by atoms with E-state index in [2.05, 4.69) is 46.8 Å². The van der Waals surface area contributed by atoms with E-state index < -0.39 is 10.8 Å². The summed E-state index contributed by atoms with van der Waals surface area (Å²) in [4.78, 5) is 0. The zero-order chi connectivity index (χ0) is 22.1. The Morgan fingerprint density at radius 3 is 2.60 bits per heavy atom. The third-order valence-electron chi connectivity index (χ3n) is 7.08. The van der Waals surface area contributed by atoms with Crippen LogP contribution in [0.3, 0.4) is 0 Å². The number of fused-ring (bicyclic) bond motifs is 3. The van der Waals surface area contributed by atoms with Crippen molar-refractivity contribution in [3.05, 3.63) is 29.3 Å². The van der Waals surface area contributed by atoms with Crippen molar-refractivity contribution in [3.63, 3.8) is 0 Å². The molecule has 0 saturated carbocycles. The van der Waals surface area contributed by atoms with Crippen molar-refractivity contribution in [2.75, 3.05) is 12.0 Å². The smallest absolute Gasteiger partial charge is 0.131 e. The minimum Gasteiger partial charge on any atom is -0.507 e. The largest absolute Gasteiger partial charge is 0.507 e. The van der Waals surface area contributed by atoms with Gasteiger partial charge in [-0.15, -0.1) is 0 Å². The van der Waals surface area contributed by atoms with Gasteiger partial charge in [0, 0.05) is 28.7 Å². The van der Waals surface area contributed by atoms with Gasteiger partial charge >= 0.3 is 0 Å². The fourth-order valence-corrected chi connectivity index (χ4v) is 6.12. The summed E-state index contributed by atoms with van der Waals surface area (Å²) in [5, 5.41) is 11.1.